The van der Waals surface area contributed by atoms with E-state index in [9.17, 15) is 18.0 Å². The van der Waals surface area contributed by atoms with Crippen LogP contribution in [-0.4, -0.2) is 24.0 Å². The summed E-state index contributed by atoms with van der Waals surface area (Å²) in [5, 5.41) is 1.28. The molecular weight excluding hydrogens is 450 g/mol. The number of alkyl halides is 3. The molecule has 0 atom stereocenters. The van der Waals surface area contributed by atoms with Gasteiger partial charge in [-0.2, -0.15) is 13.2 Å². The Labute approximate surface area is 186 Å². The zero-order chi connectivity index (χ0) is 22.2. The van der Waals surface area contributed by atoms with Crippen LogP contribution in [0.3, 0.4) is 0 Å². The van der Waals surface area contributed by atoms with E-state index in [4.69, 9.17) is 27.9 Å². The fraction of sp³-hybridized carbons (Fsp3) is 0.261. The van der Waals surface area contributed by atoms with Crippen LogP contribution in [0.5, 0.6) is 0 Å². The number of rotatable bonds is 4. The third-order valence-electron chi connectivity index (χ3n) is 5.29. The Bertz CT molecular complexity index is 1170. The number of halogens is 5. The lowest BCUT2D eigenvalue weighted by Gasteiger charge is -2.15. The molecule has 3 aromatic rings. The second kappa shape index (κ2) is 8.69. The van der Waals surface area contributed by atoms with Crippen LogP contribution in [0.2, 0.25) is 10.0 Å². The second-order valence-electron chi connectivity index (χ2n) is 7.44. The molecule has 0 bridgehead atoms. The van der Waals surface area contributed by atoms with Gasteiger partial charge in [0, 0.05) is 28.2 Å². The smallest absolute Gasteiger partial charge is 0.381 e. The number of ether oxygens (including phenoxy) is 1. The van der Waals surface area contributed by atoms with Crippen LogP contribution >= 0.6 is 23.2 Å². The molecule has 0 amide bonds. The summed E-state index contributed by atoms with van der Waals surface area (Å²) >= 11 is 12.9. The van der Waals surface area contributed by atoms with Gasteiger partial charge >= 0.3 is 6.18 Å². The summed E-state index contributed by atoms with van der Waals surface area (Å²) in [5.74, 6) is -0.203. The van der Waals surface area contributed by atoms with Crippen LogP contribution in [0.25, 0.3) is 10.9 Å². The predicted molar refractivity (Wildman–Crippen MR) is 115 cm³/mol. The highest BCUT2D eigenvalue weighted by molar-refractivity contribution is 6.38. The van der Waals surface area contributed by atoms with Crippen molar-refractivity contribution >= 4 is 39.9 Å². The Kier molecular flexibility index (Phi) is 6.15. The molecule has 3 nitrogen and oxygen atoms in total. The lowest BCUT2D eigenvalue weighted by atomic mass is 10.00. The van der Waals surface area contributed by atoms with E-state index in [1.807, 2.05) is 0 Å². The molecule has 0 radical (unpaired) electrons. The number of allylic oxidation sites excluding steroid dienone is 1. The molecule has 0 aliphatic carbocycles. The Hall–Kier alpha value is -2.28. The van der Waals surface area contributed by atoms with E-state index in [1.165, 1.54) is 6.07 Å². The van der Waals surface area contributed by atoms with Gasteiger partial charge in [0.25, 0.3) is 0 Å². The molecule has 2 heterocycles. The number of nitrogens with one attached hydrogen (secondary N) is 1. The van der Waals surface area contributed by atoms with Crippen LogP contribution in [-0.2, 0) is 17.3 Å². The van der Waals surface area contributed by atoms with E-state index in [1.54, 1.807) is 24.3 Å². The van der Waals surface area contributed by atoms with Gasteiger partial charge in [0.05, 0.1) is 23.8 Å². The maximum absolute atomic E-state index is 13.0. The minimum Gasteiger partial charge on any atom is -0.381 e. The monoisotopic (exact) mass is 467 g/mol. The van der Waals surface area contributed by atoms with Crippen molar-refractivity contribution in [2.45, 2.75) is 25.4 Å². The van der Waals surface area contributed by atoms with Gasteiger partial charge in [-0.3, -0.25) is 4.79 Å². The lowest BCUT2D eigenvalue weighted by molar-refractivity contribution is -0.137. The fourth-order valence-corrected chi connectivity index (χ4v) is 4.24. The molecular formula is C23H18Cl2F3NO2. The lowest BCUT2D eigenvalue weighted by Crippen LogP contribution is -2.09. The zero-order valence-electron chi connectivity index (χ0n) is 16.3. The minimum absolute atomic E-state index is 0.203. The van der Waals surface area contributed by atoms with Gasteiger partial charge in [-0.15, -0.1) is 0 Å². The molecule has 4 rings (SSSR count). The SMILES string of the molecule is O=C(C=C1CCOCC1)c1ccc(Cl)c(Cc2cc3ccc(C(F)(F)F)cc3[nH]2)c1Cl. The van der Waals surface area contributed by atoms with Gasteiger partial charge in [-0.25, -0.2) is 0 Å². The van der Waals surface area contributed by atoms with Crippen molar-refractivity contribution < 1.29 is 22.7 Å². The first-order chi connectivity index (χ1) is 14.7. The summed E-state index contributed by atoms with van der Waals surface area (Å²) < 4.78 is 44.2. The van der Waals surface area contributed by atoms with E-state index in [-0.39, 0.29) is 17.2 Å². The van der Waals surface area contributed by atoms with Crippen LogP contribution in [0.4, 0.5) is 13.2 Å². The molecule has 2 aromatic carbocycles. The van der Waals surface area contributed by atoms with Crippen LogP contribution < -0.4 is 0 Å². The first-order valence-corrected chi connectivity index (χ1v) is 10.4. The number of aromatic nitrogens is 1. The molecule has 1 aliphatic heterocycles. The third kappa shape index (κ3) is 4.81. The molecule has 1 aromatic heterocycles. The number of hydrogen-bond acceptors (Lipinski definition) is 2. The number of hydrogen-bond donors (Lipinski definition) is 1. The molecule has 162 valence electrons. The van der Waals surface area contributed by atoms with Gasteiger partial charge < -0.3 is 9.72 Å². The Morgan fingerprint density at radius 3 is 2.55 bits per heavy atom. The standard InChI is InChI=1S/C23H18Cl2F3NO2/c24-19-4-3-17(21(30)9-13-5-7-31-8-6-13)22(25)18(19)12-16-10-14-1-2-15(23(26,27)28)11-20(14)29-16/h1-4,9-11,29H,5-8,12H2. The summed E-state index contributed by atoms with van der Waals surface area (Å²) in [6.07, 6.45) is -1.15. The molecule has 1 aliphatic rings. The maximum Gasteiger partial charge on any atom is 0.416 e. The molecule has 31 heavy (non-hydrogen) atoms. The number of fused-ring (bicyclic) bond motifs is 1. The number of ketones is 1. The van der Waals surface area contributed by atoms with Gasteiger partial charge in [-0.05, 0) is 60.2 Å². The predicted octanol–water partition coefficient (Wildman–Crippen LogP) is 7.00. The number of H-pyrrole nitrogens is 1. The molecule has 8 heteroatoms. The quantitative estimate of drug-likeness (QED) is 0.331. The average Bonchev–Trinajstić information content (AvgIpc) is 3.13. The molecule has 1 saturated heterocycles. The second-order valence-corrected chi connectivity index (χ2v) is 8.22. The maximum atomic E-state index is 13.0. The van der Waals surface area contributed by atoms with E-state index in [0.717, 1.165) is 17.7 Å². The van der Waals surface area contributed by atoms with Crippen LogP contribution in [0.1, 0.15) is 40.0 Å². The Morgan fingerprint density at radius 1 is 1.10 bits per heavy atom. The summed E-state index contributed by atoms with van der Waals surface area (Å²) in [6, 6.07) is 8.49. The van der Waals surface area contributed by atoms with E-state index in [2.05, 4.69) is 4.98 Å². The Balaban J connectivity index is 1.64. The molecule has 0 spiro atoms. The number of carbonyl (C=O) groups excluding carboxylic acids is 1. The molecule has 1 fully saturated rings. The number of aromatic amines is 1. The van der Waals surface area contributed by atoms with Gasteiger partial charge in [0.2, 0.25) is 0 Å². The third-order valence-corrected chi connectivity index (χ3v) is 6.08. The van der Waals surface area contributed by atoms with Crippen molar-refractivity contribution in [1.29, 1.82) is 0 Å². The molecule has 0 unspecified atom stereocenters. The number of benzene rings is 2. The van der Waals surface area contributed by atoms with E-state index in [0.29, 0.717) is 58.8 Å². The van der Waals surface area contributed by atoms with Crippen molar-refractivity contribution in [2.75, 3.05) is 13.2 Å². The fourth-order valence-electron chi connectivity index (χ4n) is 3.64. The highest BCUT2D eigenvalue weighted by atomic mass is 35.5. The topological polar surface area (TPSA) is 42.1 Å². The molecule has 1 N–H and O–H groups in total. The highest BCUT2D eigenvalue weighted by Crippen LogP contribution is 2.34. The van der Waals surface area contributed by atoms with Gasteiger partial charge in [0.15, 0.2) is 5.78 Å². The number of carbonyl (C=O) groups is 1. The van der Waals surface area contributed by atoms with Crippen molar-refractivity contribution in [2.24, 2.45) is 0 Å². The molecule has 0 saturated carbocycles. The van der Waals surface area contributed by atoms with Crippen molar-refractivity contribution in [3.8, 4) is 0 Å². The van der Waals surface area contributed by atoms with Crippen molar-refractivity contribution in [3.63, 3.8) is 0 Å². The highest BCUT2D eigenvalue weighted by Gasteiger charge is 2.30. The van der Waals surface area contributed by atoms with Crippen LogP contribution in [0.15, 0.2) is 48.0 Å². The summed E-state index contributed by atoms with van der Waals surface area (Å²) in [5.41, 5.74) is 2.19. The Morgan fingerprint density at radius 2 is 1.84 bits per heavy atom. The van der Waals surface area contributed by atoms with Crippen LogP contribution in [0, 0.1) is 0 Å². The van der Waals surface area contributed by atoms with Crippen molar-refractivity contribution in [1.82, 2.24) is 4.98 Å². The summed E-state index contributed by atoms with van der Waals surface area (Å²) in [7, 11) is 0. The van der Waals surface area contributed by atoms with E-state index < -0.39 is 11.7 Å². The minimum atomic E-state index is -4.42. The summed E-state index contributed by atoms with van der Waals surface area (Å²) in [6.45, 7) is 1.18. The van der Waals surface area contributed by atoms with E-state index >= 15 is 0 Å². The average molecular weight is 468 g/mol. The van der Waals surface area contributed by atoms with Gasteiger partial charge in [-0.1, -0.05) is 34.8 Å². The first kappa shape index (κ1) is 21.9. The van der Waals surface area contributed by atoms with Gasteiger partial charge in [0.1, 0.15) is 0 Å². The first-order valence-electron chi connectivity index (χ1n) is 9.69. The summed E-state index contributed by atoms with van der Waals surface area (Å²) in [4.78, 5) is 15.8. The largest absolute Gasteiger partial charge is 0.416 e. The van der Waals surface area contributed by atoms with Crippen molar-refractivity contribution in [3.05, 3.63) is 80.5 Å². The zero-order valence-corrected chi connectivity index (χ0v) is 17.8. The normalized spacial score (nSPS) is 14.8.